The number of anilines is 1. The smallest absolute Gasteiger partial charge is 0.317 e. The minimum atomic E-state index is -0.756. The van der Waals surface area contributed by atoms with E-state index in [4.69, 9.17) is 15.1 Å². The van der Waals surface area contributed by atoms with E-state index in [0.717, 1.165) is 48.8 Å². The molecule has 146 valence electrons. The highest BCUT2D eigenvalue weighted by atomic mass is 32.1. The van der Waals surface area contributed by atoms with E-state index in [0.29, 0.717) is 6.04 Å². The summed E-state index contributed by atoms with van der Waals surface area (Å²) in [5.74, 6) is 1.20. The molecular formula is C20H28N4O2S. The van der Waals surface area contributed by atoms with Crippen LogP contribution in [0.25, 0.3) is 10.2 Å². The zero-order valence-corrected chi connectivity index (χ0v) is 17.0. The molecule has 7 heteroatoms. The van der Waals surface area contributed by atoms with Crippen LogP contribution in [-0.4, -0.2) is 58.7 Å². The van der Waals surface area contributed by atoms with Gasteiger partial charge >= 0.3 is 5.97 Å². The predicted molar refractivity (Wildman–Crippen MR) is 109 cm³/mol. The van der Waals surface area contributed by atoms with Crippen LogP contribution in [0, 0.1) is 6.92 Å². The molecule has 0 radical (unpaired) electrons. The van der Waals surface area contributed by atoms with E-state index < -0.39 is 5.97 Å². The molecule has 4 rings (SSSR count). The van der Waals surface area contributed by atoms with Crippen molar-refractivity contribution >= 4 is 33.3 Å². The number of aromatic nitrogens is 2. The molecule has 27 heavy (non-hydrogen) atoms. The number of nitrogens with zero attached hydrogens (tertiary/aromatic N) is 4. The Morgan fingerprint density at radius 1 is 1.22 bits per heavy atom. The zero-order chi connectivity index (χ0) is 19.0. The molecule has 0 saturated carbocycles. The molecule has 2 aromatic rings. The number of carboxylic acids is 1. The van der Waals surface area contributed by atoms with E-state index in [-0.39, 0.29) is 6.54 Å². The van der Waals surface area contributed by atoms with Gasteiger partial charge in [0.1, 0.15) is 16.5 Å². The van der Waals surface area contributed by atoms with E-state index in [1.807, 2.05) is 30.2 Å². The minimum Gasteiger partial charge on any atom is -0.480 e. The molecule has 2 aliphatic rings. The van der Waals surface area contributed by atoms with Crippen molar-refractivity contribution in [2.45, 2.75) is 57.9 Å². The highest BCUT2D eigenvalue weighted by Crippen LogP contribution is 2.39. The Balaban J connectivity index is 1.61. The van der Waals surface area contributed by atoms with Gasteiger partial charge in [-0.1, -0.05) is 6.42 Å². The Hall–Kier alpha value is -1.73. The third-order valence-corrected chi connectivity index (χ3v) is 7.12. The number of piperidine rings is 1. The molecule has 0 spiro atoms. The molecule has 0 atom stereocenters. The van der Waals surface area contributed by atoms with Crippen LogP contribution in [0.3, 0.4) is 0 Å². The van der Waals surface area contributed by atoms with Crippen molar-refractivity contribution in [2.75, 3.05) is 31.6 Å². The van der Waals surface area contributed by atoms with Gasteiger partial charge in [0, 0.05) is 24.0 Å². The molecule has 0 bridgehead atoms. The van der Waals surface area contributed by atoms with Gasteiger partial charge in [0.25, 0.3) is 0 Å². The van der Waals surface area contributed by atoms with Crippen LogP contribution in [-0.2, 0) is 17.6 Å². The van der Waals surface area contributed by atoms with Crippen LogP contribution in [0.5, 0.6) is 0 Å². The lowest BCUT2D eigenvalue weighted by Crippen LogP contribution is -2.45. The van der Waals surface area contributed by atoms with Crippen LogP contribution < -0.4 is 4.90 Å². The number of hydrogen-bond acceptors (Lipinski definition) is 6. The van der Waals surface area contributed by atoms with Gasteiger partial charge in [0.05, 0.1) is 11.9 Å². The maximum absolute atomic E-state index is 11.0. The Kier molecular flexibility index (Phi) is 5.32. The highest BCUT2D eigenvalue weighted by molar-refractivity contribution is 7.19. The molecule has 0 aromatic carbocycles. The largest absolute Gasteiger partial charge is 0.480 e. The van der Waals surface area contributed by atoms with Crippen molar-refractivity contribution in [1.82, 2.24) is 14.9 Å². The number of carbonyl (C=O) groups is 1. The third-order valence-electron chi connectivity index (χ3n) is 5.93. The molecule has 0 unspecified atom stereocenters. The number of aryl methyl sites for hydroxylation is 3. The standard InChI is InChI=1S/C20H28N4O2S/c1-13-21-19(24-10-8-14(9-11-24)23(2)12-17(25)26)18-15-6-4-3-5-7-16(15)27-20(18)22-13/h14H,3-12H2,1-2H3,(H,25,26). The number of thiophene rings is 1. The Bertz CT molecular complexity index is 842. The quantitative estimate of drug-likeness (QED) is 0.811. The number of rotatable bonds is 4. The second kappa shape index (κ2) is 7.72. The maximum atomic E-state index is 11.0. The van der Waals surface area contributed by atoms with Crippen molar-refractivity contribution in [3.05, 3.63) is 16.3 Å². The van der Waals surface area contributed by atoms with Crippen LogP contribution in [0.1, 0.15) is 48.4 Å². The summed E-state index contributed by atoms with van der Waals surface area (Å²) in [6.07, 6.45) is 8.12. The van der Waals surface area contributed by atoms with Gasteiger partial charge in [0.15, 0.2) is 0 Å². The lowest BCUT2D eigenvalue weighted by atomic mass is 10.0. The summed E-state index contributed by atoms with van der Waals surface area (Å²) < 4.78 is 0. The first kappa shape index (κ1) is 18.6. The van der Waals surface area contributed by atoms with E-state index in [2.05, 4.69) is 4.90 Å². The fourth-order valence-corrected chi connectivity index (χ4v) is 5.81. The summed E-state index contributed by atoms with van der Waals surface area (Å²) in [7, 11) is 1.92. The van der Waals surface area contributed by atoms with Gasteiger partial charge in [0.2, 0.25) is 0 Å². The summed E-state index contributed by atoms with van der Waals surface area (Å²) in [6.45, 7) is 3.94. The van der Waals surface area contributed by atoms with E-state index in [1.54, 1.807) is 0 Å². The Morgan fingerprint density at radius 3 is 2.70 bits per heavy atom. The SMILES string of the molecule is Cc1nc(N2CCC(N(C)CC(=O)O)CC2)c2c3c(sc2n1)CCCCC3. The predicted octanol–water partition coefficient (Wildman–Crippen LogP) is 3.25. The van der Waals surface area contributed by atoms with Gasteiger partial charge in [-0.05, 0) is 58.1 Å². The number of fused-ring (bicyclic) bond motifs is 3. The summed E-state index contributed by atoms with van der Waals surface area (Å²) in [5, 5.41) is 10.3. The van der Waals surface area contributed by atoms with Gasteiger partial charge in [-0.15, -0.1) is 11.3 Å². The molecular weight excluding hydrogens is 360 g/mol. The molecule has 1 N–H and O–H groups in total. The Morgan fingerprint density at radius 2 is 1.96 bits per heavy atom. The minimum absolute atomic E-state index is 0.111. The molecule has 1 aliphatic heterocycles. The van der Waals surface area contributed by atoms with Crippen molar-refractivity contribution in [2.24, 2.45) is 0 Å². The average Bonchev–Trinajstić information content (AvgIpc) is 2.81. The van der Waals surface area contributed by atoms with Crippen molar-refractivity contribution < 1.29 is 9.90 Å². The molecule has 3 heterocycles. The van der Waals surface area contributed by atoms with Gasteiger partial charge in [-0.2, -0.15) is 0 Å². The van der Waals surface area contributed by atoms with Gasteiger partial charge in [-0.3, -0.25) is 9.69 Å². The number of aliphatic carboxylic acids is 1. The number of carboxylic acid groups (broad SMARTS) is 1. The average molecular weight is 389 g/mol. The van der Waals surface area contributed by atoms with E-state index >= 15 is 0 Å². The molecule has 2 aromatic heterocycles. The second-order valence-corrected chi connectivity index (χ2v) is 8.95. The monoisotopic (exact) mass is 388 g/mol. The van der Waals surface area contributed by atoms with Crippen LogP contribution >= 0.6 is 11.3 Å². The normalized spacial score (nSPS) is 18.7. The van der Waals surface area contributed by atoms with Crippen LogP contribution in [0.4, 0.5) is 5.82 Å². The summed E-state index contributed by atoms with van der Waals surface area (Å²) in [5.41, 5.74) is 1.49. The first-order chi connectivity index (χ1) is 13.0. The molecule has 6 nitrogen and oxygen atoms in total. The Labute approximate surface area is 164 Å². The van der Waals surface area contributed by atoms with E-state index in [9.17, 15) is 4.79 Å². The highest BCUT2D eigenvalue weighted by Gasteiger charge is 2.27. The molecule has 1 fully saturated rings. The van der Waals surface area contributed by atoms with Gasteiger partial charge in [-0.25, -0.2) is 9.97 Å². The topological polar surface area (TPSA) is 69.6 Å². The van der Waals surface area contributed by atoms with Crippen molar-refractivity contribution in [3.8, 4) is 0 Å². The van der Waals surface area contributed by atoms with Crippen molar-refractivity contribution in [3.63, 3.8) is 0 Å². The first-order valence-corrected chi connectivity index (χ1v) is 10.8. The fraction of sp³-hybridized carbons (Fsp3) is 0.650. The second-order valence-electron chi connectivity index (χ2n) is 7.87. The third kappa shape index (κ3) is 3.80. The van der Waals surface area contributed by atoms with E-state index in [1.165, 1.54) is 41.5 Å². The maximum Gasteiger partial charge on any atom is 0.317 e. The fourth-order valence-electron chi connectivity index (χ4n) is 4.51. The molecule has 1 aliphatic carbocycles. The molecule has 0 amide bonds. The van der Waals surface area contributed by atoms with Gasteiger partial charge < -0.3 is 10.0 Å². The number of likely N-dealkylation sites (N-methyl/N-ethyl adjacent to an activating group) is 1. The lowest BCUT2D eigenvalue weighted by Gasteiger charge is -2.37. The zero-order valence-electron chi connectivity index (χ0n) is 16.2. The van der Waals surface area contributed by atoms with Crippen molar-refractivity contribution in [1.29, 1.82) is 0 Å². The van der Waals surface area contributed by atoms with Crippen LogP contribution in [0.15, 0.2) is 0 Å². The summed E-state index contributed by atoms with van der Waals surface area (Å²) in [6, 6.07) is 0.329. The molecule has 1 saturated heterocycles. The summed E-state index contributed by atoms with van der Waals surface area (Å²) in [4.78, 5) is 27.6. The van der Waals surface area contributed by atoms with Crippen LogP contribution in [0.2, 0.25) is 0 Å². The lowest BCUT2D eigenvalue weighted by molar-refractivity contribution is -0.138. The first-order valence-electron chi connectivity index (χ1n) is 9.99. The number of hydrogen-bond donors (Lipinski definition) is 1. The summed E-state index contributed by atoms with van der Waals surface area (Å²) >= 11 is 1.87.